The molecule has 84 valence electrons. The monoisotopic (exact) mass is 235 g/mol. The number of carboxylic acids is 1. The largest absolute Gasteiger partial charge is 0.480 e. The van der Waals surface area contributed by atoms with Crippen molar-refractivity contribution in [1.82, 2.24) is 0 Å². The first-order chi connectivity index (χ1) is 7.61. The summed E-state index contributed by atoms with van der Waals surface area (Å²) >= 11 is 1.62. The van der Waals surface area contributed by atoms with Crippen molar-refractivity contribution in [2.24, 2.45) is 5.73 Å². The highest BCUT2D eigenvalue weighted by Crippen LogP contribution is 2.32. The third-order valence-corrected chi connectivity index (χ3v) is 3.81. The summed E-state index contributed by atoms with van der Waals surface area (Å²) in [5.74, 6) is -1.13. The van der Waals surface area contributed by atoms with E-state index >= 15 is 0 Å². The van der Waals surface area contributed by atoms with Gasteiger partial charge >= 0.3 is 5.97 Å². The van der Waals surface area contributed by atoms with Gasteiger partial charge in [0.1, 0.15) is 6.04 Å². The predicted octanol–water partition coefficient (Wildman–Crippen LogP) is 2.42. The molecule has 0 bridgehead atoms. The van der Waals surface area contributed by atoms with Gasteiger partial charge in [-0.2, -0.15) is 0 Å². The average Bonchev–Trinajstić information content (AvgIpc) is 2.70. The summed E-state index contributed by atoms with van der Waals surface area (Å²) in [5.41, 5.74) is 6.67. The van der Waals surface area contributed by atoms with Crippen molar-refractivity contribution in [3.8, 4) is 0 Å². The molecule has 1 heterocycles. The Hall–Kier alpha value is -1.39. The molecule has 0 radical (unpaired) electrons. The van der Waals surface area contributed by atoms with Crippen molar-refractivity contribution in [2.75, 3.05) is 0 Å². The Kier molecular flexibility index (Phi) is 2.94. The first-order valence-corrected chi connectivity index (χ1v) is 5.93. The molecule has 0 fully saturated rings. The molecule has 0 saturated carbocycles. The van der Waals surface area contributed by atoms with Crippen molar-refractivity contribution >= 4 is 27.4 Å². The Morgan fingerprint density at radius 3 is 2.81 bits per heavy atom. The molecule has 2 atom stereocenters. The van der Waals surface area contributed by atoms with Crippen molar-refractivity contribution in [3.63, 3.8) is 0 Å². The van der Waals surface area contributed by atoms with E-state index in [-0.39, 0.29) is 5.92 Å². The van der Waals surface area contributed by atoms with E-state index in [0.29, 0.717) is 0 Å². The van der Waals surface area contributed by atoms with Crippen LogP contribution in [0.15, 0.2) is 29.6 Å². The number of thiophene rings is 1. The standard InChI is InChI=1S/C12H13NO2S/c1-7(11(13)12(14)15)9-6-16-10-5-3-2-4-8(9)10/h2-7,11H,13H2,1H3,(H,14,15). The molecular weight excluding hydrogens is 222 g/mol. The molecule has 2 rings (SSSR count). The highest BCUT2D eigenvalue weighted by atomic mass is 32.1. The summed E-state index contributed by atoms with van der Waals surface area (Å²) in [6, 6.07) is 7.12. The van der Waals surface area contributed by atoms with Crippen molar-refractivity contribution in [2.45, 2.75) is 18.9 Å². The lowest BCUT2D eigenvalue weighted by Crippen LogP contribution is -2.35. The topological polar surface area (TPSA) is 63.3 Å². The van der Waals surface area contributed by atoms with Crippen LogP contribution in [0.3, 0.4) is 0 Å². The highest BCUT2D eigenvalue weighted by molar-refractivity contribution is 7.17. The Morgan fingerprint density at radius 1 is 1.44 bits per heavy atom. The van der Waals surface area contributed by atoms with E-state index in [2.05, 4.69) is 0 Å². The van der Waals surface area contributed by atoms with Crippen LogP contribution in [-0.2, 0) is 4.79 Å². The van der Waals surface area contributed by atoms with Crippen LogP contribution in [0.1, 0.15) is 18.4 Å². The van der Waals surface area contributed by atoms with Gasteiger partial charge in [0.05, 0.1) is 0 Å². The quantitative estimate of drug-likeness (QED) is 0.858. The molecule has 3 nitrogen and oxygen atoms in total. The predicted molar refractivity (Wildman–Crippen MR) is 65.9 cm³/mol. The highest BCUT2D eigenvalue weighted by Gasteiger charge is 2.23. The minimum atomic E-state index is -0.956. The molecule has 1 aromatic carbocycles. The Morgan fingerprint density at radius 2 is 2.12 bits per heavy atom. The molecular formula is C12H13NO2S. The lowest BCUT2D eigenvalue weighted by molar-refractivity contribution is -0.138. The minimum Gasteiger partial charge on any atom is -0.480 e. The van der Waals surface area contributed by atoms with Crippen molar-refractivity contribution in [3.05, 3.63) is 35.2 Å². The van der Waals surface area contributed by atoms with Crippen LogP contribution in [-0.4, -0.2) is 17.1 Å². The second-order valence-corrected chi connectivity index (χ2v) is 4.75. The Bertz CT molecular complexity index is 520. The molecule has 1 aromatic heterocycles. The smallest absolute Gasteiger partial charge is 0.321 e. The number of hydrogen-bond acceptors (Lipinski definition) is 3. The maximum absolute atomic E-state index is 10.9. The molecule has 0 amide bonds. The van der Waals surface area contributed by atoms with E-state index in [9.17, 15) is 4.79 Å². The average molecular weight is 235 g/mol. The SMILES string of the molecule is CC(c1csc2ccccc12)C(N)C(=O)O. The van der Waals surface area contributed by atoms with Gasteiger partial charge in [0.25, 0.3) is 0 Å². The minimum absolute atomic E-state index is 0.173. The summed E-state index contributed by atoms with van der Waals surface area (Å²) < 4.78 is 1.17. The normalized spacial score (nSPS) is 14.9. The fourth-order valence-electron chi connectivity index (χ4n) is 1.76. The fourth-order valence-corrected chi connectivity index (χ4v) is 2.82. The van der Waals surface area contributed by atoms with Crippen LogP contribution in [0.2, 0.25) is 0 Å². The molecule has 0 spiro atoms. The third kappa shape index (κ3) is 1.81. The van der Waals surface area contributed by atoms with E-state index in [1.54, 1.807) is 11.3 Å². The van der Waals surface area contributed by atoms with Gasteiger partial charge in [-0.15, -0.1) is 11.3 Å². The summed E-state index contributed by atoms with van der Waals surface area (Å²) in [5, 5.41) is 12.0. The number of benzene rings is 1. The lowest BCUT2D eigenvalue weighted by atomic mass is 9.94. The molecule has 2 aromatic rings. The number of rotatable bonds is 3. The van der Waals surface area contributed by atoms with E-state index in [4.69, 9.17) is 10.8 Å². The van der Waals surface area contributed by atoms with Crippen LogP contribution in [0.25, 0.3) is 10.1 Å². The zero-order chi connectivity index (χ0) is 11.7. The van der Waals surface area contributed by atoms with Gasteiger partial charge in [0, 0.05) is 10.6 Å². The molecule has 0 aliphatic heterocycles. The zero-order valence-corrected chi connectivity index (χ0v) is 9.70. The second-order valence-electron chi connectivity index (χ2n) is 3.84. The summed E-state index contributed by atoms with van der Waals surface area (Å²) in [6.07, 6.45) is 0. The Balaban J connectivity index is 2.44. The molecule has 3 N–H and O–H groups in total. The molecule has 0 aliphatic carbocycles. The van der Waals surface area contributed by atoms with Gasteiger partial charge in [-0.3, -0.25) is 4.79 Å². The van der Waals surface area contributed by atoms with Gasteiger partial charge in [-0.1, -0.05) is 25.1 Å². The summed E-state index contributed by atoms with van der Waals surface area (Å²) in [7, 11) is 0. The van der Waals surface area contributed by atoms with Gasteiger partial charge in [-0.05, 0) is 22.4 Å². The lowest BCUT2D eigenvalue weighted by Gasteiger charge is -2.15. The second kappa shape index (κ2) is 4.23. The van der Waals surface area contributed by atoms with Crippen LogP contribution in [0, 0.1) is 0 Å². The van der Waals surface area contributed by atoms with Gasteiger partial charge in [0.15, 0.2) is 0 Å². The number of nitrogens with two attached hydrogens (primary N) is 1. The first-order valence-electron chi connectivity index (χ1n) is 5.05. The maximum atomic E-state index is 10.9. The summed E-state index contributed by atoms with van der Waals surface area (Å²) in [4.78, 5) is 10.9. The van der Waals surface area contributed by atoms with Gasteiger partial charge < -0.3 is 10.8 Å². The van der Waals surface area contributed by atoms with E-state index < -0.39 is 12.0 Å². The van der Waals surface area contributed by atoms with Gasteiger partial charge in [-0.25, -0.2) is 0 Å². The fraction of sp³-hybridized carbons (Fsp3) is 0.250. The number of carbonyl (C=O) groups is 1. The molecule has 4 heteroatoms. The number of hydrogen-bond donors (Lipinski definition) is 2. The van der Waals surface area contributed by atoms with E-state index in [1.165, 1.54) is 4.70 Å². The number of fused-ring (bicyclic) bond motifs is 1. The first kappa shape index (κ1) is 11.1. The number of carboxylic acid groups (broad SMARTS) is 1. The van der Waals surface area contributed by atoms with Crippen LogP contribution < -0.4 is 5.73 Å². The molecule has 16 heavy (non-hydrogen) atoms. The van der Waals surface area contributed by atoms with Crippen LogP contribution >= 0.6 is 11.3 Å². The number of aliphatic carboxylic acids is 1. The zero-order valence-electron chi connectivity index (χ0n) is 8.88. The molecule has 0 saturated heterocycles. The van der Waals surface area contributed by atoms with Gasteiger partial charge in [0.2, 0.25) is 0 Å². The van der Waals surface area contributed by atoms with Crippen LogP contribution in [0.5, 0.6) is 0 Å². The summed E-state index contributed by atoms with van der Waals surface area (Å²) in [6.45, 7) is 1.85. The molecule has 0 aliphatic rings. The third-order valence-electron chi connectivity index (χ3n) is 2.83. The van der Waals surface area contributed by atoms with Crippen LogP contribution in [0.4, 0.5) is 0 Å². The Labute approximate surface area is 97.5 Å². The van der Waals surface area contributed by atoms with Crippen molar-refractivity contribution < 1.29 is 9.90 Å². The van der Waals surface area contributed by atoms with Crippen molar-refractivity contribution in [1.29, 1.82) is 0 Å². The molecule has 2 unspecified atom stereocenters. The van der Waals surface area contributed by atoms with E-state index in [0.717, 1.165) is 10.9 Å². The van der Waals surface area contributed by atoms with E-state index in [1.807, 2.05) is 36.6 Å². The maximum Gasteiger partial charge on any atom is 0.321 e.